The smallest absolute Gasteiger partial charge is 0.299 e. The van der Waals surface area contributed by atoms with Crippen molar-refractivity contribution in [2.75, 3.05) is 25.1 Å². The summed E-state index contributed by atoms with van der Waals surface area (Å²) in [7, 11) is -2.37. The highest BCUT2D eigenvalue weighted by atomic mass is 32.2. The molecule has 0 aromatic carbocycles. The summed E-state index contributed by atoms with van der Waals surface area (Å²) in [6.07, 6.45) is 2.76. The Hall–Kier alpha value is -2.73. The lowest BCUT2D eigenvalue weighted by molar-refractivity contribution is 0.0819. The number of halogens is 2. The number of ether oxygens (including phenoxy) is 1. The molecule has 0 radical (unpaired) electrons. The third-order valence-electron chi connectivity index (χ3n) is 6.10. The van der Waals surface area contributed by atoms with Gasteiger partial charge in [-0.05, 0) is 18.9 Å². The maximum atomic E-state index is 13.2. The fraction of sp³-hybridized carbons (Fsp3) is 0.500. The quantitative estimate of drug-likeness (QED) is 0.488. The number of sulfonamides is 1. The van der Waals surface area contributed by atoms with Gasteiger partial charge < -0.3 is 9.64 Å². The zero-order chi connectivity index (χ0) is 24.1. The summed E-state index contributed by atoms with van der Waals surface area (Å²) in [6.45, 7) is 8.62. The summed E-state index contributed by atoms with van der Waals surface area (Å²) in [5, 5.41) is 7.08. The Kier molecular flexibility index (Phi) is 5.75. The number of pyridine rings is 1. The zero-order valence-electron chi connectivity index (χ0n) is 18.1. The van der Waals surface area contributed by atoms with Crippen LogP contribution in [0.5, 0.6) is 0 Å². The van der Waals surface area contributed by atoms with Crippen LogP contribution in [0.1, 0.15) is 37.1 Å². The largest absolute Gasteiger partial charge is 0.381 e. The third kappa shape index (κ3) is 4.13. The van der Waals surface area contributed by atoms with Crippen molar-refractivity contribution in [3.05, 3.63) is 34.9 Å². The fourth-order valence-electron chi connectivity index (χ4n) is 4.02. The third-order valence-corrected chi connectivity index (χ3v) is 8.52. The number of alkyl halides is 2. The predicted molar refractivity (Wildman–Crippen MR) is 120 cm³/mol. The summed E-state index contributed by atoms with van der Waals surface area (Å²) in [5.41, 5.74) is 0.154. The van der Waals surface area contributed by atoms with Gasteiger partial charge in [0.15, 0.2) is 15.8 Å². The van der Waals surface area contributed by atoms with E-state index in [2.05, 4.69) is 29.6 Å². The molecule has 2 aliphatic rings. The molecule has 0 amide bonds. The minimum atomic E-state index is -4.04. The molecule has 3 aromatic heterocycles. The van der Waals surface area contributed by atoms with E-state index in [1.54, 1.807) is 23.8 Å². The van der Waals surface area contributed by atoms with Gasteiger partial charge in [-0.2, -0.15) is 0 Å². The van der Waals surface area contributed by atoms with Gasteiger partial charge >= 0.3 is 0 Å². The molecule has 1 saturated carbocycles. The summed E-state index contributed by atoms with van der Waals surface area (Å²) < 4.78 is 62.1. The topological polar surface area (TPSA) is 106 Å². The van der Waals surface area contributed by atoms with Crippen LogP contribution in [0, 0.1) is 6.57 Å². The minimum Gasteiger partial charge on any atom is -0.381 e. The molecular weight excluding hydrogens is 488 g/mol. The van der Waals surface area contributed by atoms with E-state index >= 15 is 0 Å². The minimum absolute atomic E-state index is 0.0448. The van der Waals surface area contributed by atoms with Gasteiger partial charge in [-0.25, -0.2) is 28.8 Å². The lowest BCUT2D eigenvalue weighted by Crippen LogP contribution is -2.37. The van der Waals surface area contributed by atoms with Gasteiger partial charge in [0, 0.05) is 26.4 Å². The van der Waals surface area contributed by atoms with Crippen molar-refractivity contribution in [1.29, 1.82) is 0 Å². The maximum absolute atomic E-state index is 13.2. The Morgan fingerprint density at radius 3 is 2.65 bits per heavy atom. The molecular formula is C20H21F2N7O3S2. The molecule has 1 N–H and O–H groups in total. The number of anilines is 1. The number of methoxy groups -OCH3 is 1. The van der Waals surface area contributed by atoms with Gasteiger partial charge in [0.25, 0.3) is 12.1 Å². The lowest BCUT2D eigenvalue weighted by atomic mass is 10.1. The number of fused-ring (bicyclic) bond motifs is 1. The Bertz CT molecular complexity index is 1370. The number of piperidine rings is 1. The molecule has 2 fully saturated rings. The van der Waals surface area contributed by atoms with Crippen molar-refractivity contribution in [2.24, 2.45) is 0 Å². The predicted octanol–water partition coefficient (Wildman–Crippen LogP) is 3.09. The van der Waals surface area contributed by atoms with E-state index in [4.69, 9.17) is 11.3 Å². The van der Waals surface area contributed by atoms with Crippen LogP contribution in [-0.4, -0.2) is 60.0 Å². The molecule has 0 bridgehead atoms. The second-order valence-corrected chi connectivity index (χ2v) is 11.0. The van der Waals surface area contributed by atoms with Gasteiger partial charge in [-0.15, -0.1) is 14.9 Å². The van der Waals surface area contributed by atoms with Gasteiger partial charge in [0.1, 0.15) is 4.90 Å². The lowest BCUT2D eigenvalue weighted by Gasteiger charge is -2.33. The highest BCUT2D eigenvalue weighted by Crippen LogP contribution is 2.39. The Balaban J connectivity index is 1.62. The molecule has 10 nitrogen and oxygen atoms in total. The Labute approximate surface area is 198 Å². The van der Waals surface area contributed by atoms with Crippen molar-refractivity contribution >= 4 is 32.6 Å². The fourth-order valence-corrected chi connectivity index (χ4v) is 6.09. The summed E-state index contributed by atoms with van der Waals surface area (Å²) in [5.74, 6) is 0.218. The number of hydrogen-bond donors (Lipinski definition) is 1. The molecule has 3 aromatic rings. The van der Waals surface area contributed by atoms with Crippen molar-refractivity contribution in [1.82, 2.24) is 24.3 Å². The molecule has 0 unspecified atom stereocenters. The molecule has 1 aliphatic carbocycles. The van der Waals surface area contributed by atoms with Crippen LogP contribution in [0.15, 0.2) is 23.4 Å². The number of imidazole rings is 1. The summed E-state index contributed by atoms with van der Waals surface area (Å²) in [4.78, 5) is 9.81. The van der Waals surface area contributed by atoms with E-state index in [0.717, 1.165) is 12.8 Å². The van der Waals surface area contributed by atoms with Gasteiger partial charge in [-0.1, -0.05) is 11.3 Å². The highest BCUT2D eigenvalue weighted by molar-refractivity contribution is 7.89. The van der Waals surface area contributed by atoms with Crippen molar-refractivity contribution in [3.63, 3.8) is 0 Å². The average Bonchev–Trinajstić information content (AvgIpc) is 3.22. The first-order valence-corrected chi connectivity index (χ1v) is 12.9. The van der Waals surface area contributed by atoms with E-state index < -0.39 is 27.1 Å². The molecule has 1 saturated heterocycles. The number of rotatable bonds is 7. The van der Waals surface area contributed by atoms with Crippen LogP contribution in [0.25, 0.3) is 21.2 Å². The number of nitrogens with zero attached hydrogens (tertiary/aromatic N) is 6. The first kappa shape index (κ1) is 23.0. The monoisotopic (exact) mass is 509 g/mol. The van der Waals surface area contributed by atoms with Crippen LogP contribution in [0.3, 0.4) is 0 Å². The molecule has 34 heavy (non-hydrogen) atoms. The standard InChI is InChI=1S/C20H21F2N7O3S2/c1-23-20(5-6-20)27-34(30,31)13-9-14(28-7-3-12(32-2)4-8-28)15-10-24-17(29(15)11-13)19-26-25-18(33-19)16(21)22/h9-12,16,27H,3-8H2,2H3. The van der Waals surface area contributed by atoms with Crippen LogP contribution < -0.4 is 9.62 Å². The molecule has 180 valence electrons. The summed E-state index contributed by atoms with van der Waals surface area (Å²) >= 11 is 0.705. The Morgan fingerprint density at radius 2 is 2.06 bits per heavy atom. The SMILES string of the molecule is [C-]#[N+]C1(NS(=O)(=O)c2cc(N3CCC(OC)CC3)c3cnc(-c4nnc(C(F)F)s4)n3c2)CC1. The second kappa shape index (κ2) is 8.49. The first-order valence-electron chi connectivity index (χ1n) is 10.6. The molecule has 14 heteroatoms. The van der Waals surface area contributed by atoms with Gasteiger partial charge in [0.05, 0.1) is 36.3 Å². The zero-order valence-corrected chi connectivity index (χ0v) is 19.7. The van der Waals surface area contributed by atoms with E-state index in [0.29, 0.717) is 48.5 Å². The number of aromatic nitrogens is 4. The number of nitrogens with one attached hydrogen (secondary N) is 1. The van der Waals surface area contributed by atoms with Crippen molar-refractivity contribution in [3.8, 4) is 10.8 Å². The van der Waals surface area contributed by atoms with E-state index in [1.165, 1.54) is 6.20 Å². The van der Waals surface area contributed by atoms with Crippen LogP contribution in [0.2, 0.25) is 0 Å². The van der Waals surface area contributed by atoms with Crippen LogP contribution in [-0.2, 0) is 14.8 Å². The normalized spacial score (nSPS) is 18.5. The van der Waals surface area contributed by atoms with Crippen molar-refractivity contribution in [2.45, 2.75) is 48.8 Å². The van der Waals surface area contributed by atoms with E-state index in [9.17, 15) is 17.2 Å². The van der Waals surface area contributed by atoms with E-state index in [-0.39, 0.29) is 21.8 Å². The second-order valence-electron chi connectivity index (χ2n) is 8.32. The van der Waals surface area contributed by atoms with Crippen molar-refractivity contribution < 1.29 is 21.9 Å². The number of hydrogen-bond acceptors (Lipinski definition) is 8. The maximum Gasteiger partial charge on any atom is 0.299 e. The van der Waals surface area contributed by atoms with Gasteiger partial charge in [0.2, 0.25) is 10.0 Å². The molecule has 0 atom stereocenters. The highest BCUT2D eigenvalue weighted by Gasteiger charge is 2.54. The molecule has 0 spiro atoms. The Morgan fingerprint density at radius 1 is 1.32 bits per heavy atom. The van der Waals surface area contributed by atoms with E-state index in [1.807, 2.05) is 0 Å². The molecule has 5 rings (SSSR count). The van der Waals surface area contributed by atoms with Crippen LogP contribution in [0.4, 0.5) is 14.5 Å². The molecule has 1 aliphatic heterocycles. The van der Waals surface area contributed by atoms with Crippen LogP contribution >= 0.6 is 11.3 Å². The van der Waals surface area contributed by atoms with Gasteiger partial charge in [-0.3, -0.25) is 9.25 Å². The molecule has 4 heterocycles. The first-order chi connectivity index (χ1) is 16.2. The summed E-state index contributed by atoms with van der Waals surface area (Å²) in [6, 6.07) is 1.57. The average molecular weight is 510 g/mol.